The highest BCUT2D eigenvalue weighted by Crippen LogP contribution is 2.23. The molecular formula is C18H21N5O3S. The Bertz CT molecular complexity index is 1200. The van der Waals surface area contributed by atoms with Crippen LogP contribution in [0, 0.1) is 20.8 Å². The van der Waals surface area contributed by atoms with Crippen molar-refractivity contribution in [2.75, 3.05) is 14.1 Å². The molecule has 0 aliphatic carbocycles. The Morgan fingerprint density at radius 1 is 1.07 bits per heavy atom. The monoisotopic (exact) mass is 387 g/mol. The van der Waals surface area contributed by atoms with E-state index in [1.165, 1.54) is 23.1 Å². The van der Waals surface area contributed by atoms with Crippen molar-refractivity contribution in [3.8, 4) is 0 Å². The number of hydrogen-bond donors (Lipinski definition) is 0. The largest absolute Gasteiger partial charge is 0.270 e. The molecule has 0 saturated heterocycles. The lowest BCUT2D eigenvalue weighted by Crippen LogP contribution is -2.26. The molecule has 3 rings (SSSR count). The van der Waals surface area contributed by atoms with Crippen molar-refractivity contribution < 1.29 is 8.42 Å². The minimum atomic E-state index is -3.58. The highest BCUT2D eigenvalue weighted by Gasteiger charge is 2.21. The van der Waals surface area contributed by atoms with E-state index in [0.29, 0.717) is 22.5 Å². The summed E-state index contributed by atoms with van der Waals surface area (Å²) in [7, 11) is -0.606. The van der Waals surface area contributed by atoms with Gasteiger partial charge in [-0.15, -0.1) is 0 Å². The van der Waals surface area contributed by atoms with Crippen LogP contribution in [0.1, 0.15) is 22.5 Å². The third kappa shape index (κ3) is 3.47. The van der Waals surface area contributed by atoms with Crippen LogP contribution < -0.4 is 5.56 Å². The van der Waals surface area contributed by atoms with E-state index in [0.717, 1.165) is 10.9 Å². The second-order valence-electron chi connectivity index (χ2n) is 6.67. The van der Waals surface area contributed by atoms with Gasteiger partial charge in [0.05, 0.1) is 16.6 Å². The van der Waals surface area contributed by atoms with Gasteiger partial charge in [0.15, 0.2) is 5.82 Å². The first-order chi connectivity index (χ1) is 12.6. The molecule has 1 aromatic carbocycles. The van der Waals surface area contributed by atoms with Crippen molar-refractivity contribution in [1.82, 2.24) is 24.1 Å². The summed E-state index contributed by atoms with van der Waals surface area (Å²) in [5, 5.41) is 4.86. The van der Waals surface area contributed by atoms with Gasteiger partial charge >= 0.3 is 0 Å². The Labute approximate surface area is 157 Å². The van der Waals surface area contributed by atoms with Gasteiger partial charge in [-0.1, -0.05) is 0 Å². The predicted octanol–water partition coefficient (Wildman–Crippen LogP) is 1.41. The first-order valence-electron chi connectivity index (χ1n) is 8.33. The zero-order chi connectivity index (χ0) is 19.9. The summed E-state index contributed by atoms with van der Waals surface area (Å²) in [4.78, 5) is 21.3. The normalized spacial score (nSPS) is 12.1. The lowest BCUT2D eigenvalue weighted by molar-refractivity contribution is 0.520. The van der Waals surface area contributed by atoms with Crippen molar-refractivity contribution in [3.05, 3.63) is 57.4 Å². The van der Waals surface area contributed by atoms with Crippen LogP contribution in [-0.4, -0.2) is 46.6 Å². The van der Waals surface area contributed by atoms with E-state index in [2.05, 4.69) is 15.1 Å². The Kier molecular flexibility index (Phi) is 4.83. The molecule has 0 aliphatic heterocycles. The summed E-state index contributed by atoms with van der Waals surface area (Å²) >= 11 is 0. The van der Waals surface area contributed by atoms with Crippen LogP contribution in [0.15, 0.2) is 34.2 Å². The summed E-state index contributed by atoms with van der Waals surface area (Å²) in [6, 6.07) is 3.29. The Hall–Kier alpha value is -2.65. The number of rotatable bonds is 4. The summed E-state index contributed by atoms with van der Waals surface area (Å²) in [6.45, 7) is 5.43. The number of fused-ring (bicyclic) bond motifs is 1. The Morgan fingerprint density at radius 3 is 2.44 bits per heavy atom. The second-order valence-corrected chi connectivity index (χ2v) is 8.79. The average Bonchev–Trinajstić information content (AvgIpc) is 2.61. The predicted molar refractivity (Wildman–Crippen MR) is 102 cm³/mol. The fourth-order valence-corrected chi connectivity index (χ4v) is 3.80. The molecule has 0 atom stereocenters. The molecule has 0 radical (unpaired) electrons. The molecule has 0 unspecified atom stereocenters. The molecule has 0 N–H and O–H groups in total. The van der Waals surface area contributed by atoms with E-state index in [-0.39, 0.29) is 17.0 Å². The van der Waals surface area contributed by atoms with Crippen LogP contribution in [0.25, 0.3) is 10.9 Å². The first kappa shape index (κ1) is 19.1. The van der Waals surface area contributed by atoms with Gasteiger partial charge in [-0.3, -0.25) is 4.79 Å². The molecule has 0 amide bonds. The molecule has 0 bridgehead atoms. The molecule has 8 nitrogen and oxygen atoms in total. The number of benzene rings is 1. The van der Waals surface area contributed by atoms with Gasteiger partial charge in [0.2, 0.25) is 10.0 Å². The number of hydrogen-bond acceptors (Lipinski definition) is 6. The van der Waals surface area contributed by atoms with Crippen LogP contribution in [0.3, 0.4) is 0 Å². The summed E-state index contributed by atoms with van der Waals surface area (Å²) < 4.78 is 27.5. The number of aromatic nitrogens is 4. The molecular weight excluding hydrogens is 366 g/mol. The number of nitrogens with zero attached hydrogens (tertiary/aromatic N) is 5. The lowest BCUT2D eigenvalue weighted by Gasteiger charge is -2.14. The van der Waals surface area contributed by atoms with E-state index in [1.54, 1.807) is 38.4 Å². The number of aryl methyl sites for hydroxylation is 2. The van der Waals surface area contributed by atoms with E-state index in [4.69, 9.17) is 0 Å². The third-order valence-corrected chi connectivity index (χ3v) is 6.47. The van der Waals surface area contributed by atoms with Crippen molar-refractivity contribution in [2.45, 2.75) is 32.2 Å². The van der Waals surface area contributed by atoms with Gasteiger partial charge in [0, 0.05) is 31.2 Å². The van der Waals surface area contributed by atoms with Crippen molar-refractivity contribution in [3.63, 3.8) is 0 Å². The molecule has 142 valence electrons. The zero-order valence-corrected chi connectivity index (χ0v) is 16.7. The SMILES string of the molecule is Cc1cc2cnc(Cn3ncc(C)c(C)c3=O)nc2cc1S(=O)(=O)N(C)C. The molecule has 0 spiro atoms. The zero-order valence-electron chi connectivity index (χ0n) is 15.9. The summed E-state index contributed by atoms with van der Waals surface area (Å²) in [5.74, 6) is 0.386. The Balaban J connectivity index is 2.09. The maximum atomic E-state index is 12.5. The van der Waals surface area contributed by atoms with Gasteiger partial charge in [0.25, 0.3) is 5.56 Å². The first-order valence-corrected chi connectivity index (χ1v) is 9.77. The standard InChI is InChI=1S/C18H21N5O3S/c1-11-6-14-9-19-17(10-23-18(24)13(3)12(2)8-20-23)21-15(14)7-16(11)27(25,26)22(4)5/h6-9H,10H2,1-5H3. The third-order valence-electron chi connectivity index (χ3n) is 4.51. The quantitative estimate of drug-likeness (QED) is 0.671. The highest BCUT2D eigenvalue weighted by atomic mass is 32.2. The van der Waals surface area contributed by atoms with Crippen LogP contribution in [0.4, 0.5) is 0 Å². The maximum Gasteiger partial charge on any atom is 0.270 e. The minimum Gasteiger partial charge on any atom is -0.267 e. The molecule has 0 aliphatic rings. The van der Waals surface area contributed by atoms with E-state index >= 15 is 0 Å². The molecule has 2 aromatic heterocycles. The van der Waals surface area contributed by atoms with Crippen LogP contribution in [0.5, 0.6) is 0 Å². The van der Waals surface area contributed by atoms with Crippen molar-refractivity contribution in [1.29, 1.82) is 0 Å². The molecule has 9 heteroatoms. The maximum absolute atomic E-state index is 12.5. The average molecular weight is 387 g/mol. The number of sulfonamides is 1. The second kappa shape index (κ2) is 6.82. The van der Waals surface area contributed by atoms with Gasteiger partial charge in [-0.2, -0.15) is 5.10 Å². The smallest absolute Gasteiger partial charge is 0.267 e. The fourth-order valence-electron chi connectivity index (χ4n) is 2.68. The van der Waals surface area contributed by atoms with Crippen LogP contribution in [0.2, 0.25) is 0 Å². The van der Waals surface area contributed by atoms with E-state index < -0.39 is 10.0 Å². The molecule has 3 aromatic rings. The lowest BCUT2D eigenvalue weighted by atomic mass is 10.2. The van der Waals surface area contributed by atoms with Gasteiger partial charge in [-0.25, -0.2) is 27.4 Å². The minimum absolute atomic E-state index is 0.111. The topological polar surface area (TPSA) is 98.0 Å². The van der Waals surface area contributed by atoms with E-state index in [1.807, 2.05) is 6.92 Å². The van der Waals surface area contributed by atoms with Gasteiger partial charge in [-0.05, 0) is 44.0 Å². The molecule has 0 fully saturated rings. The highest BCUT2D eigenvalue weighted by molar-refractivity contribution is 7.89. The van der Waals surface area contributed by atoms with Crippen molar-refractivity contribution >= 4 is 20.9 Å². The van der Waals surface area contributed by atoms with Gasteiger partial charge < -0.3 is 0 Å². The van der Waals surface area contributed by atoms with E-state index in [9.17, 15) is 13.2 Å². The van der Waals surface area contributed by atoms with Gasteiger partial charge in [0.1, 0.15) is 6.54 Å². The summed E-state index contributed by atoms with van der Waals surface area (Å²) in [5.41, 5.74) is 2.38. The Morgan fingerprint density at radius 2 is 1.78 bits per heavy atom. The fraction of sp³-hybridized carbons (Fsp3) is 0.333. The molecule has 0 saturated carbocycles. The summed E-state index contributed by atoms with van der Waals surface area (Å²) in [6.07, 6.45) is 3.26. The van der Waals surface area contributed by atoms with Crippen LogP contribution >= 0.6 is 0 Å². The molecule has 2 heterocycles. The van der Waals surface area contributed by atoms with Crippen molar-refractivity contribution in [2.24, 2.45) is 0 Å². The molecule has 27 heavy (non-hydrogen) atoms. The van der Waals surface area contributed by atoms with Crippen LogP contribution in [-0.2, 0) is 16.6 Å².